The van der Waals surface area contributed by atoms with Gasteiger partial charge in [0.25, 0.3) is 6.47 Å². The second-order valence-corrected chi connectivity index (χ2v) is 9.98. The van der Waals surface area contributed by atoms with Crippen molar-refractivity contribution in [3.63, 3.8) is 0 Å². The molecule has 9 heteroatoms. The minimum atomic E-state index is -1.00. The van der Waals surface area contributed by atoms with E-state index in [1.54, 1.807) is 41.5 Å². The maximum Gasteiger partial charge on any atom is 0.311 e. The molecule has 0 radical (unpaired) electrons. The number of unbranched alkanes of at least 4 members (excludes halogenated alkanes) is 1. The van der Waals surface area contributed by atoms with Gasteiger partial charge in [0.2, 0.25) is 0 Å². The summed E-state index contributed by atoms with van der Waals surface area (Å²) in [6.07, 6.45) is 1.82. The second kappa shape index (κ2) is 14.9. The van der Waals surface area contributed by atoms with Gasteiger partial charge in [-0.2, -0.15) is 0 Å². The summed E-state index contributed by atoms with van der Waals surface area (Å²) in [6.45, 7) is 13.7. The Bertz CT molecular complexity index is 632. The summed E-state index contributed by atoms with van der Waals surface area (Å²) in [5.74, 6) is -2.69. The van der Waals surface area contributed by atoms with Crippen molar-refractivity contribution >= 4 is 24.4 Å². The van der Waals surface area contributed by atoms with E-state index in [2.05, 4.69) is 12.2 Å². The van der Waals surface area contributed by atoms with Gasteiger partial charge in [0, 0.05) is 6.42 Å². The average Bonchev–Trinajstić information content (AvgIpc) is 2.70. The molecule has 0 aromatic carbocycles. The van der Waals surface area contributed by atoms with Crippen LogP contribution >= 0.6 is 0 Å². The molecule has 0 amide bonds. The fraction of sp³-hybridized carbons (Fsp3) is 0.833. The predicted molar refractivity (Wildman–Crippen MR) is 123 cm³/mol. The van der Waals surface area contributed by atoms with Crippen molar-refractivity contribution in [2.75, 3.05) is 19.7 Å². The molecule has 9 nitrogen and oxygen atoms in total. The molecule has 2 N–H and O–H groups in total. The van der Waals surface area contributed by atoms with E-state index in [1.165, 1.54) is 0 Å². The smallest absolute Gasteiger partial charge is 0.311 e. The standard InChI is InChI=1S/C24H43NO8/c1-8-9-11-25-12-10-19(33-22(30)23(4,5)13-17(2)20(27)28)15-31-21(29)24(6,7)14-18(3)32-16-26/h16-19,25H,8-15H2,1-7H3,(H,27,28). The van der Waals surface area contributed by atoms with Crippen molar-refractivity contribution in [2.24, 2.45) is 16.7 Å². The highest BCUT2D eigenvalue weighted by atomic mass is 16.6. The summed E-state index contributed by atoms with van der Waals surface area (Å²) in [7, 11) is 0. The van der Waals surface area contributed by atoms with Crippen LogP contribution in [0.4, 0.5) is 0 Å². The first-order valence-corrected chi connectivity index (χ1v) is 11.7. The monoisotopic (exact) mass is 473 g/mol. The van der Waals surface area contributed by atoms with Gasteiger partial charge in [-0.05, 0) is 67.0 Å². The summed E-state index contributed by atoms with van der Waals surface area (Å²) in [4.78, 5) is 47.1. The van der Waals surface area contributed by atoms with E-state index in [9.17, 15) is 19.2 Å². The molecule has 0 fully saturated rings. The molecule has 0 aromatic heterocycles. The lowest BCUT2D eigenvalue weighted by atomic mass is 9.83. The number of carbonyl (C=O) groups excluding carboxylic acids is 3. The lowest BCUT2D eigenvalue weighted by molar-refractivity contribution is -0.172. The molecule has 3 unspecified atom stereocenters. The normalized spacial score (nSPS) is 14.6. The quantitative estimate of drug-likeness (QED) is 0.133. The van der Waals surface area contributed by atoms with Crippen molar-refractivity contribution in [3.05, 3.63) is 0 Å². The zero-order valence-corrected chi connectivity index (χ0v) is 21.3. The number of carboxylic acid groups (broad SMARTS) is 1. The number of ether oxygens (including phenoxy) is 3. The van der Waals surface area contributed by atoms with Crippen LogP contribution in [0.3, 0.4) is 0 Å². The molecule has 0 heterocycles. The van der Waals surface area contributed by atoms with E-state index in [-0.39, 0.29) is 19.4 Å². The fourth-order valence-electron chi connectivity index (χ4n) is 3.42. The van der Waals surface area contributed by atoms with Gasteiger partial charge >= 0.3 is 17.9 Å². The van der Waals surface area contributed by atoms with Crippen molar-refractivity contribution in [2.45, 2.75) is 92.8 Å². The van der Waals surface area contributed by atoms with Gasteiger partial charge in [-0.3, -0.25) is 19.2 Å². The van der Waals surface area contributed by atoms with E-state index < -0.39 is 46.9 Å². The van der Waals surface area contributed by atoms with E-state index >= 15 is 0 Å². The molecule has 0 aliphatic carbocycles. The van der Waals surface area contributed by atoms with Crippen LogP contribution in [0.15, 0.2) is 0 Å². The number of carbonyl (C=O) groups is 4. The van der Waals surface area contributed by atoms with Crippen LogP contribution in [-0.4, -0.2) is 61.4 Å². The summed E-state index contributed by atoms with van der Waals surface area (Å²) in [5.41, 5.74) is -1.90. The largest absolute Gasteiger partial charge is 0.481 e. The molecular weight excluding hydrogens is 430 g/mol. The van der Waals surface area contributed by atoms with Gasteiger partial charge in [0.1, 0.15) is 12.7 Å². The van der Waals surface area contributed by atoms with Crippen molar-refractivity contribution in [3.8, 4) is 0 Å². The minimum absolute atomic E-state index is 0.114. The van der Waals surface area contributed by atoms with E-state index in [0.717, 1.165) is 19.4 Å². The highest BCUT2D eigenvalue weighted by molar-refractivity contribution is 5.78. The van der Waals surface area contributed by atoms with Gasteiger partial charge in [-0.1, -0.05) is 20.3 Å². The third kappa shape index (κ3) is 12.6. The summed E-state index contributed by atoms with van der Waals surface area (Å²) >= 11 is 0. The Morgan fingerprint density at radius 2 is 1.61 bits per heavy atom. The van der Waals surface area contributed by atoms with Gasteiger partial charge in [0.05, 0.1) is 22.9 Å². The van der Waals surface area contributed by atoms with Gasteiger partial charge < -0.3 is 24.6 Å². The zero-order chi connectivity index (χ0) is 25.7. The average molecular weight is 474 g/mol. The van der Waals surface area contributed by atoms with Gasteiger partial charge in [0.15, 0.2) is 0 Å². The first-order chi connectivity index (χ1) is 15.3. The number of hydrogen-bond acceptors (Lipinski definition) is 8. The van der Waals surface area contributed by atoms with Crippen LogP contribution in [0, 0.1) is 16.7 Å². The van der Waals surface area contributed by atoms with Crippen LogP contribution in [0.2, 0.25) is 0 Å². The molecule has 192 valence electrons. The van der Waals surface area contributed by atoms with Crippen molar-refractivity contribution < 1.29 is 38.5 Å². The highest BCUT2D eigenvalue weighted by Crippen LogP contribution is 2.29. The topological polar surface area (TPSA) is 128 Å². The number of rotatable bonds is 18. The Labute approximate surface area is 197 Å². The molecule has 0 saturated carbocycles. The summed E-state index contributed by atoms with van der Waals surface area (Å²) in [5, 5.41) is 12.4. The highest BCUT2D eigenvalue weighted by Gasteiger charge is 2.36. The Kier molecular flexibility index (Phi) is 13.9. The number of esters is 2. The first kappa shape index (κ1) is 30.8. The molecule has 0 rings (SSSR count). The molecular formula is C24H43NO8. The maximum atomic E-state index is 12.8. The van der Waals surface area contributed by atoms with E-state index in [4.69, 9.17) is 19.3 Å². The fourth-order valence-corrected chi connectivity index (χ4v) is 3.42. The zero-order valence-electron chi connectivity index (χ0n) is 21.3. The molecule has 0 aliphatic rings. The summed E-state index contributed by atoms with van der Waals surface area (Å²) < 4.78 is 16.0. The van der Waals surface area contributed by atoms with Crippen LogP contribution < -0.4 is 5.32 Å². The number of hydrogen-bond donors (Lipinski definition) is 2. The van der Waals surface area contributed by atoms with Crippen molar-refractivity contribution in [1.82, 2.24) is 5.32 Å². The number of nitrogens with one attached hydrogen (secondary N) is 1. The van der Waals surface area contributed by atoms with Gasteiger partial charge in [-0.25, -0.2) is 0 Å². The molecule has 0 saturated heterocycles. The van der Waals surface area contributed by atoms with Crippen LogP contribution in [0.25, 0.3) is 0 Å². The van der Waals surface area contributed by atoms with Crippen molar-refractivity contribution in [1.29, 1.82) is 0 Å². The third-order valence-corrected chi connectivity index (χ3v) is 5.45. The minimum Gasteiger partial charge on any atom is -0.481 e. The molecule has 0 bridgehead atoms. The Morgan fingerprint density at radius 3 is 2.15 bits per heavy atom. The summed E-state index contributed by atoms with van der Waals surface area (Å²) in [6, 6.07) is 0. The van der Waals surface area contributed by atoms with Gasteiger partial charge in [-0.15, -0.1) is 0 Å². The SMILES string of the molecule is CCCCNCCC(COC(=O)C(C)(C)CC(C)OC=O)OC(=O)C(C)(C)CC(C)C(=O)O. The molecule has 0 spiro atoms. The number of carboxylic acids is 1. The second-order valence-electron chi connectivity index (χ2n) is 9.98. The lowest BCUT2D eigenvalue weighted by Gasteiger charge is -2.29. The molecule has 0 aliphatic heterocycles. The molecule has 0 aromatic rings. The molecule has 33 heavy (non-hydrogen) atoms. The third-order valence-electron chi connectivity index (χ3n) is 5.45. The lowest BCUT2D eigenvalue weighted by Crippen LogP contribution is -2.38. The van der Waals surface area contributed by atoms with E-state index in [0.29, 0.717) is 19.4 Å². The maximum absolute atomic E-state index is 12.8. The van der Waals surface area contributed by atoms with Crippen LogP contribution in [0.1, 0.15) is 80.6 Å². The first-order valence-electron chi connectivity index (χ1n) is 11.7. The Hall–Kier alpha value is -2.16. The van der Waals surface area contributed by atoms with Crippen LogP contribution in [0.5, 0.6) is 0 Å². The number of aliphatic carboxylic acids is 1. The Morgan fingerprint density at radius 1 is 1.00 bits per heavy atom. The van der Waals surface area contributed by atoms with E-state index in [1.807, 2.05) is 0 Å². The van der Waals surface area contributed by atoms with Crippen LogP contribution in [-0.2, 0) is 33.4 Å². The predicted octanol–water partition coefficient (Wildman–Crippen LogP) is 3.34. The molecule has 3 atom stereocenters. The Balaban J connectivity index is 5.11.